The summed E-state index contributed by atoms with van der Waals surface area (Å²) in [5.74, 6) is 0. The lowest BCUT2D eigenvalue weighted by Crippen LogP contribution is -2.36. The normalized spacial score (nSPS) is 12.3. The molecule has 9 heteroatoms. The lowest BCUT2D eigenvalue weighted by atomic mass is 10.1. The molecule has 3 aromatic heterocycles. The molecule has 0 atom stereocenters. The second-order valence-corrected chi connectivity index (χ2v) is 10.1. The van der Waals surface area contributed by atoms with Gasteiger partial charge in [-0.1, -0.05) is 17.7 Å². The Morgan fingerprint density at radius 2 is 2.07 bits per heavy atom. The number of aryl methyl sites for hydroxylation is 1. The Bertz CT molecular complexity index is 1110. The molecule has 0 saturated carbocycles. The summed E-state index contributed by atoms with van der Waals surface area (Å²) in [5, 5.41) is 5.13. The highest BCUT2D eigenvalue weighted by molar-refractivity contribution is 8.01. The van der Waals surface area contributed by atoms with Gasteiger partial charge in [0.05, 0.1) is 21.4 Å². The number of halogens is 1. The van der Waals surface area contributed by atoms with Crippen molar-refractivity contribution in [1.29, 1.82) is 0 Å². The highest BCUT2D eigenvalue weighted by Gasteiger charge is 2.16. The highest BCUT2D eigenvalue weighted by Crippen LogP contribution is 2.37. The van der Waals surface area contributed by atoms with Gasteiger partial charge in [-0.3, -0.25) is 0 Å². The first-order valence-electron chi connectivity index (χ1n) is 9.05. The molecule has 0 amide bonds. The van der Waals surface area contributed by atoms with Crippen molar-refractivity contribution in [2.75, 3.05) is 6.54 Å². The highest BCUT2D eigenvalue weighted by atomic mass is 35.5. The van der Waals surface area contributed by atoms with Crippen LogP contribution in [0.3, 0.4) is 0 Å². The maximum absolute atomic E-state index is 6.31. The third-order valence-corrected chi connectivity index (χ3v) is 6.70. The van der Waals surface area contributed by atoms with Gasteiger partial charge in [-0.25, -0.2) is 19.9 Å². The van der Waals surface area contributed by atoms with Crippen molar-refractivity contribution in [3.63, 3.8) is 0 Å². The molecule has 0 aliphatic rings. The number of fused-ring (bicyclic) bond motifs is 2. The van der Waals surface area contributed by atoms with E-state index in [9.17, 15) is 0 Å². The molecule has 1 aromatic carbocycles. The molecule has 0 aliphatic carbocycles. The van der Waals surface area contributed by atoms with Gasteiger partial charge in [-0.2, -0.15) is 0 Å². The molecule has 1 N–H and O–H groups in total. The molecule has 0 fully saturated rings. The molecule has 0 aliphatic heterocycles. The molecule has 0 saturated heterocycles. The summed E-state index contributed by atoms with van der Waals surface area (Å²) in [6, 6.07) is 5.80. The molecule has 0 spiro atoms. The van der Waals surface area contributed by atoms with E-state index in [1.807, 2.05) is 18.2 Å². The second-order valence-electron chi connectivity index (χ2n) is 7.48. The summed E-state index contributed by atoms with van der Waals surface area (Å²) < 4.78 is 4.07. The zero-order valence-electron chi connectivity index (χ0n) is 15.9. The Morgan fingerprint density at radius 1 is 1.21 bits per heavy atom. The van der Waals surface area contributed by atoms with Gasteiger partial charge in [0.25, 0.3) is 0 Å². The minimum absolute atomic E-state index is 0.108. The number of rotatable bonds is 6. The lowest BCUT2D eigenvalue weighted by Gasteiger charge is -2.20. The van der Waals surface area contributed by atoms with Crippen molar-refractivity contribution in [1.82, 2.24) is 29.8 Å². The van der Waals surface area contributed by atoms with Gasteiger partial charge < -0.3 is 9.88 Å². The molecule has 0 radical (unpaired) electrons. The Hall–Kier alpha value is -1.74. The van der Waals surface area contributed by atoms with E-state index in [0.29, 0.717) is 0 Å². The van der Waals surface area contributed by atoms with Gasteiger partial charge >= 0.3 is 0 Å². The lowest BCUT2D eigenvalue weighted by molar-refractivity contribution is 0.412. The summed E-state index contributed by atoms with van der Waals surface area (Å²) in [4.78, 5) is 18.0. The predicted octanol–water partition coefficient (Wildman–Crippen LogP) is 5.02. The van der Waals surface area contributed by atoms with Crippen LogP contribution in [0.2, 0.25) is 5.02 Å². The van der Waals surface area contributed by atoms with Crippen LogP contribution in [-0.4, -0.2) is 36.6 Å². The molecule has 0 unspecified atom stereocenters. The van der Waals surface area contributed by atoms with Crippen molar-refractivity contribution in [2.24, 2.45) is 0 Å². The first kappa shape index (κ1) is 19.6. The first-order valence-corrected chi connectivity index (χ1v) is 11.1. The molecule has 0 bridgehead atoms. The minimum atomic E-state index is 0.108. The van der Waals surface area contributed by atoms with Crippen molar-refractivity contribution >= 4 is 56.1 Å². The third-order valence-electron chi connectivity index (χ3n) is 4.12. The van der Waals surface area contributed by atoms with Gasteiger partial charge in [0.1, 0.15) is 11.8 Å². The number of imidazole rings is 1. The van der Waals surface area contributed by atoms with Crippen molar-refractivity contribution in [3.8, 4) is 0 Å². The van der Waals surface area contributed by atoms with Crippen LogP contribution in [0, 0.1) is 0 Å². The van der Waals surface area contributed by atoms with Gasteiger partial charge in [-0.15, -0.1) is 11.3 Å². The molecular formula is C19H21ClN6S2. The Labute approximate surface area is 176 Å². The summed E-state index contributed by atoms with van der Waals surface area (Å²) in [6.07, 6.45) is 4.30. The minimum Gasteiger partial charge on any atom is -0.312 e. The standard InChI is InChI=1S/C19H21ClN6S2/c1-19(2,3)23-8-5-9-26-16-14(10-21-11-22-16)24-17(26)28-18-25-13-7-4-6-12(20)15(13)27-18/h4,6-7,10-11,23H,5,8-9H2,1-3H3. The van der Waals surface area contributed by atoms with E-state index >= 15 is 0 Å². The van der Waals surface area contributed by atoms with Crippen LogP contribution in [0.25, 0.3) is 21.4 Å². The molecule has 146 valence electrons. The fourth-order valence-corrected chi connectivity index (χ4v) is 5.21. The van der Waals surface area contributed by atoms with E-state index in [0.717, 1.165) is 55.4 Å². The maximum atomic E-state index is 6.31. The summed E-state index contributed by atoms with van der Waals surface area (Å²) in [6.45, 7) is 8.27. The fraction of sp³-hybridized carbons (Fsp3) is 0.368. The van der Waals surface area contributed by atoms with E-state index in [1.54, 1.807) is 35.6 Å². The van der Waals surface area contributed by atoms with Crippen LogP contribution in [0.5, 0.6) is 0 Å². The largest absolute Gasteiger partial charge is 0.312 e. The second kappa shape index (κ2) is 7.94. The van der Waals surface area contributed by atoms with E-state index in [2.05, 4.69) is 40.6 Å². The summed E-state index contributed by atoms with van der Waals surface area (Å²) >= 11 is 9.44. The van der Waals surface area contributed by atoms with E-state index in [1.165, 1.54) is 0 Å². The molecule has 28 heavy (non-hydrogen) atoms. The number of nitrogens with one attached hydrogen (secondary N) is 1. The van der Waals surface area contributed by atoms with Crippen LogP contribution in [0.4, 0.5) is 0 Å². The van der Waals surface area contributed by atoms with Crippen molar-refractivity contribution < 1.29 is 0 Å². The molecule has 6 nitrogen and oxygen atoms in total. The number of hydrogen-bond acceptors (Lipinski definition) is 7. The molecular weight excluding hydrogens is 412 g/mol. The molecule has 3 heterocycles. The zero-order chi connectivity index (χ0) is 19.7. The number of aromatic nitrogens is 5. The summed E-state index contributed by atoms with van der Waals surface area (Å²) in [7, 11) is 0. The van der Waals surface area contributed by atoms with Gasteiger partial charge in [0.15, 0.2) is 15.1 Å². The van der Waals surface area contributed by atoms with Crippen LogP contribution in [0.1, 0.15) is 27.2 Å². The average molecular weight is 433 g/mol. The maximum Gasteiger partial charge on any atom is 0.177 e. The zero-order valence-corrected chi connectivity index (χ0v) is 18.3. The van der Waals surface area contributed by atoms with Gasteiger partial charge in [-0.05, 0) is 57.6 Å². The monoisotopic (exact) mass is 432 g/mol. The summed E-state index contributed by atoms with van der Waals surface area (Å²) in [5.41, 5.74) is 2.67. The van der Waals surface area contributed by atoms with E-state index < -0.39 is 0 Å². The number of nitrogens with zero attached hydrogens (tertiary/aromatic N) is 5. The topological polar surface area (TPSA) is 68.5 Å². The Morgan fingerprint density at radius 3 is 2.86 bits per heavy atom. The number of thiazole rings is 1. The Kier molecular flexibility index (Phi) is 5.55. The van der Waals surface area contributed by atoms with Crippen molar-refractivity contribution in [3.05, 3.63) is 35.7 Å². The first-order chi connectivity index (χ1) is 13.4. The van der Waals surface area contributed by atoms with E-state index in [-0.39, 0.29) is 5.54 Å². The van der Waals surface area contributed by atoms with Crippen LogP contribution in [0.15, 0.2) is 40.2 Å². The van der Waals surface area contributed by atoms with Crippen molar-refractivity contribution in [2.45, 2.75) is 48.8 Å². The molecule has 4 rings (SSSR count). The quantitative estimate of drug-likeness (QED) is 0.431. The fourth-order valence-electron chi connectivity index (χ4n) is 2.85. The predicted molar refractivity (Wildman–Crippen MR) is 116 cm³/mol. The molecule has 4 aromatic rings. The smallest absolute Gasteiger partial charge is 0.177 e. The van der Waals surface area contributed by atoms with Crippen LogP contribution in [-0.2, 0) is 6.54 Å². The van der Waals surface area contributed by atoms with Crippen LogP contribution >= 0.6 is 34.7 Å². The Balaban J connectivity index is 1.61. The average Bonchev–Trinajstić information content (AvgIpc) is 3.20. The number of benzene rings is 1. The van der Waals surface area contributed by atoms with Crippen LogP contribution < -0.4 is 5.32 Å². The number of hydrogen-bond donors (Lipinski definition) is 1. The SMILES string of the molecule is CC(C)(C)NCCCn1c(Sc2nc3cccc(Cl)c3s2)nc2cncnc21. The van der Waals surface area contributed by atoms with Gasteiger partial charge in [0.2, 0.25) is 0 Å². The third kappa shape index (κ3) is 4.30. The van der Waals surface area contributed by atoms with E-state index in [4.69, 9.17) is 21.6 Å². The van der Waals surface area contributed by atoms with Gasteiger partial charge in [0, 0.05) is 12.1 Å².